The standard InChI is InChI=1S/C16H24N6O2/c1-11(2)22-10-13(8-17-22)15(23)21-7-5-6-12(9-21)14-18-16(19-24-14)20(3)4/h8,10-12H,5-7,9H2,1-4H3. The summed E-state index contributed by atoms with van der Waals surface area (Å²) in [4.78, 5) is 20.8. The van der Waals surface area contributed by atoms with Crippen LogP contribution in [0.25, 0.3) is 0 Å². The molecule has 0 saturated carbocycles. The van der Waals surface area contributed by atoms with Crippen molar-refractivity contribution < 1.29 is 9.32 Å². The number of carbonyl (C=O) groups excluding carboxylic acids is 1. The number of likely N-dealkylation sites (tertiary alicyclic amines) is 1. The second-order valence-corrected chi connectivity index (χ2v) is 6.72. The molecule has 1 unspecified atom stereocenters. The molecule has 24 heavy (non-hydrogen) atoms. The Labute approximate surface area is 141 Å². The Morgan fingerprint density at radius 3 is 2.83 bits per heavy atom. The average Bonchev–Trinajstić information content (AvgIpc) is 3.24. The Bertz CT molecular complexity index is 705. The lowest BCUT2D eigenvalue weighted by molar-refractivity contribution is 0.0695. The summed E-state index contributed by atoms with van der Waals surface area (Å²) in [6.07, 6.45) is 5.33. The Morgan fingerprint density at radius 1 is 1.42 bits per heavy atom. The predicted octanol–water partition coefficient (Wildman–Crippen LogP) is 1.93. The van der Waals surface area contributed by atoms with Crippen molar-refractivity contribution in [2.45, 2.75) is 38.6 Å². The maximum Gasteiger partial charge on any atom is 0.265 e. The van der Waals surface area contributed by atoms with Gasteiger partial charge in [-0.3, -0.25) is 9.48 Å². The topological polar surface area (TPSA) is 80.3 Å². The highest BCUT2D eigenvalue weighted by molar-refractivity contribution is 5.93. The summed E-state index contributed by atoms with van der Waals surface area (Å²) in [7, 11) is 3.75. The molecule has 1 atom stereocenters. The van der Waals surface area contributed by atoms with Crippen molar-refractivity contribution in [2.24, 2.45) is 0 Å². The molecular formula is C16H24N6O2. The Hall–Kier alpha value is -2.38. The normalized spacial score (nSPS) is 18.2. The number of anilines is 1. The first-order valence-electron chi connectivity index (χ1n) is 8.30. The van der Waals surface area contributed by atoms with E-state index in [2.05, 4.69) is 15.2 Å². The van der Waals surface area contributed by atoms with Gasteiger partial charge in [-0.25, -0.2) is 0 Å². The van der Waals surface area contributed by atoms with Crippen molar-refractivity contribution >= 4 is 11.9 Å². The van der Waals surface area contributed by atoms with Crippen LogP contribution in [0.2, 0.25) is 0 Å². The van der Waals surface area contributed by atoms with Crippen LogP contribution >= 0.6 is 0 Å². The van der Waals surface area contributed by atoms with Crippen LogP contribution in [0.1, 0.15) is 54.9 Å². The van der Waals surface area contributed by atoms with E-state index in [0.717, 1.165) is 19.4 Å². The van der Waals surface area contributed by atoms with Gasteiger partial charge in [-0.2, -0.15) is 10.1 Å². The van der Waals surface area contributed by atoms with E-state index in [4.69, 9.17) is 4.52 Å². The number of rotatable bonds is 4. The molecule has 130 valence electrons. The molecule has 0 bridgehead atoms. The van der Waals surface area contributed by atoms with Crippen molar-refractivity contribution in [1.82, 2.24) is 24.8 Å². The SMILES string of the molecule is CC(C)n1cc(C(=O)N2CCCC(c3nc(N(C)C)no3)C2)cn1. The maximum absolute atomic E-state index is 12.7. The van der Waals surface area contributed by atoms with Crippen LogP contribution in [0.4, 0.5) is 5.95 Å². The van der Waals surface area contributed by atoms with Crippen molar-refractivity contribution in [1.29, 1.82) is 0 Å². The van der Waals surface area contributed by atoms with Crippen molar-refractivity contribution in [3.8, 4) is 0 Å². The van der Waals surface area contributed by atoms with E-state index >= 15 is 0 Å². The smallest absolute Gasteiger partial charge is 0.265 e. The van der Waals surface area contributed by atoms with Gasteiger partial charge in [0, 0.05) is 39.4 Å². The molecule has 1 fully saturated rings. The fourth-order valence-electron chi connectivity index (χ4n) is 2.85. The number of amides is 1. The highest BCUT2D eigenvalue weighted by atomic mass is 16.5. The number of nitrogens with zero attached hydrogens (tertiary/aromatic N) is 6. The third kappa shape index (κ3) is 3.27. The van der Waals surface area contributed by atoms with Gasteiger partial charge in [0.15, 0.2) is 0 Å². The summed E-state index contributed by atoms with van der Waals surface area (Å²) in [6.45, 7) is 5.42. The largest absolute Gasteiger partial charge is 0.344 e. The van der Waals surface area contributed by atoms with Gasteiger partial charge in [-0.15, -0.1) is 0 Å². The molecule has 2 aromatic heterocycles. The molecule has 8 heteroatoms. The first-order chi connectivity index (χ1) is 11.5. The van der Waals surface area contributed by atoms with Crippen LogP contribution in [0.3, 0.4) is 0 Å². The van der Waals surface area contributed by atoms with E-state index in [1.807, 2.05) is 39.0 Å². The number of piperidine rings is 1. The molecule has 0 spiro atoms. The quantitative estimate of drug-likeness (QED) is 0.851. The van der Waals surface area contributed by atoms with Gasteiger partial charge >= 0.3 is 0 Å². The van der Waals surface area contributed by atoms with Crippen molar-refractivity contribution in [2.75, 3.05) is 32.1 Å². The monoisotopic (exact) mass is 332 g/mol. The molecule has 0 aliphatic carbocycles. The molecule has 2 aromatic rings. The second kappa shape index (κ2) is 6.62. The van der Waals surface area contributed by atoms with E-state index in [1.54, 1.807) is 15.8 Å². The summed E-state index contributed by atoms with van der Waals surface area (Å²) in [5.74, 6) is 1.27. The second-order valence-electron chi connectivity index (χ2n) is 6.72. The fraction of sp³-hybridized carbons (Fsp3) is 0.625. The Kier molecular flexibility index (Phi) is 4.55. The van der Waals surface area contributed by atoms with Crippen LogP contribution in [0.15, 0.2) is 16.9 Å². The first kappa shape index (κ1) is 16.5. The van der Waals surface area contributed by atoms with Gasteiger partial charge in [0.2, 0.25) is 5.89 Å². The predicted molar refractivity (Wildman–Crippen MR) is 89.1 cm³/mol. The summed E-state index contributed by atoms with van der Waals surface area (Å²) >= 11 is 0. The van der Waals surface area contributed by atoms with Crippen LogP contribution in [0.5, 0.6) is 0 Å². The van der Waals surface area contributed by atoms with Gasteiger partial charge in [0.25, 0.3) is 11.9 Å². The van der Waals surface area contributed by atoms with E-state index < -0.39 is 0 Å². The summed E-state index contributed by atoms with van der Waals surface area (Å²) in [6, 6.07) is 0.239. The molecule has 3 rings (SSSR count). The number of hydrogen-bond acceptors (Lipinski definition) is 6. The lowest BCUT2D eigenvalue weighted by Gasteiger charge is -2.30. The van der Waals surface area contributed by atoms with Crippen LogP contribution in [0, 0.1) is 0 Å². The highest BCUT2D eigenvalue weighted by Crippen LogP contribution is 2.27. The molecule has 1 amide bonds. The zero-order valence-corrected chi connectivity index (χ0v) is 14.6. The summed E-state index contributed by atoms with van der Waals surface area (Å²) in [5.41, 5.74) is 0.629. The van der Waals surface area contributed by atoms with Gasteiger partial charge < -0.3 is 14.3 Å². The Balaban J connectivity index is 1.71. The minimum absolute atomic E-state index is 0.0129. The highest BCUT2D eigenvalue weighted by Gasteiger charge is 2.29. The van der Waals surface area contributed by atoms with E-state index in [0.29, 0.717) is 23.9 Å². The van der Waals surface area contributed by atoms with E-state index in [-0.39, 0.29) is 17.9 Å². The third-order valence-electron chi connectivity index (χ3n) is 4.27. The minimum atomic E-state index is 0.0129. The van der Waals surface area contributed by atoms with Gasteiger partial charge in [0.1, 0.15) is 0 Å². The van der Waals surface area contributed by atoms with Crippen LogP contribution < -0.4 is 4.90 Å². The van der Waals surface area contributed by atoms with Crippen molar-refractivity contribution in [3.63, 3.8) is 0 Å². The maximum atomic E-state index is 12.7. The number of carbonyl (C=O) groups is 1. The molecule has 1 aliphatic heterocycles. The van der Waals surface area contributed by atoms with Crippen LogP contribution in [-0.4, -0.2) is 57.9 Å². The zero-order valence-electron chi connectivity index (χ0n) is 14.6. The molecule has 1 saturated heterocycles. The summed E-state index contributed by atoms with van der Waals surface area (Å²) in [5, 5.41) is 8.22. The minimum Gasteiger partial charge on any atom is -0.344 e. The average molecular weight is 332 g/mol. The molecule has 3 heterocycles. The Morgan fingerprint density at radius 2 is 2.21 bits per heavy atom. The van der Waals surface area contributed by atoms with Crippen molar-refractivity contribution in [3.05, 3.63) is 23.8 Å². The lowest BCUT2D eigenvalue weighted by Crippen LogP contribution is -2.39. The molecule has 1 aliphatic rings. The molecular weight excluding hydrogens is 308 g/mol. The molecule has 8 nitrogen and oxygen atoms in total. The van der Waals surface area contributed by atoms with E-state index in [1.165, 1.54) is 0 Å². The molecule has 0 N–H and O–H groups in total. The molecule has 0 radical (unpaired) electrons. The first-order valence-corrected chi connectivity index (χ1v) is 8.30. The van der Waals surface area contributed by atoms with E-state index in [9.17, 15) is 4.79 Å². The number of aromatic nitrogens is 4. The summed E-state index contributed by atoms with van der Waals surface area (Å²) < 4.78 is 7.18. The third-order valence-corrected chi connectivity index (χ3v) is 4.27. The lowest BCUT2D eigenvalue weighted by atomic mass is 9.97. The zero-order chi connectivity index (χ0) is 17.3. The van der Waals surface area contributed by atoms with Gasteiger partial charge in [0.05, 0.1) is 17.7 Å². The van der Waals surface area contributed by atoms with Gasteiger partial charge in [-0.1, -0.05) is 0 Å². The van der Waals surface area contributed by atoms with Crippen LogP contribution in [-0.2, 0) is 0 Å². The molecule has 0 aromatic carbocycles. The van der Waals surface area contributed by atoms with Gasteiger partial charge in [-0.05, 0) is 31.8 Å². The fourth-order valence-corrected chi connectivity index (χ4v) is 2.85. The number of hydrogen-bond donors (Lipinski definition) is 0.